The first kappa shape index (κ1) is 14.5. The molecule has 1 aromatic carbocycles. The van der Waals surface area contributed by atoms with Crippen LogP contribution in [0.15, 0.2) is 18.2 Å². The summed E-state index contributed by atoms with van der Waals surface area (Å²) in [6, 6.07) is 5.75. The van der Waals surface area contributed by atoms with E-state index in [1.807, 2.05) is 30.0 Å². The van der Waals surface area contributed by atoms with Crippen molar-refractivity contribution in [3.63, 3.8) is 0 Å². The fourth-order valence-electron chi connectivity index (χ4n) is 2.29. The molecule has 19 heavy (non-hydrogen) atoms. The van der Waals surface area contributed by atoms with E-state index in [1.54, 1.807) is 7.11 Å². The molecule has 0 unspecified atom stereocenters. The van der Waals surface area contributed by atoms with Crippen LogP contribution in [0.25, 0.3) is 0 Å². The summed E-state index contributed by atoms with van der Waals surface area (Å²) >= 11 is 7.04. The summed E-state index contributed by atoms with van der Waals surface area (Å²) in [5.41, 5.74) is 7.62. The van der Waals surface area contributed by atoms with E-state index >= 15 is 0 Å². The lowest BCUT2D eigenvalue weighted by atomic mass is 9.84. The zero-order valence-corrected chi connectivity index (χ0v) is 13.0. The molecule has 3 nitrogen and oxygen atoms in total. The van der Waals surface area contributed by atoms with Gasteiger partial charge in [0.2, 0.25) is 0 Å². The summed E-state index contributed by atoms with van der Waals surface area (Å²) in [6.07, 6.45) is 6.05. The molecule has 0 amide bonds. The summed E-state index contributed by atoms with van der Waals surface area (Å²) < 4.78 is 5.63. The van der Waals surface area contributed by atoms with Gasteiger partial charge in [0, 0.05) is 28.6 Å². The second-order valence-corrected chi connectivity index (χ2v) is 6.58. The number of rotatable bonds is 6. The second-order valence-electron chi connectivity index (χ2n) is 4.87. The van der Waals surface area contributed by atoms with Crippen molar-refractivity contribution in [2.24, 2.45) is 5.73 Å². The minimum absolute atomic E-state index is 0.372. The molecule has 0 atom stereocenters. The topological polar surface area (TPSA) is 47.3 Å². The molecular formula is C14H20N2OS2. The number of anilines is 1. The van der Waals surface area contributed by atoms with Crippen LogP contribution >= 0.6 is 24.0 Å². The molecule has 0 aromatic heterocycles. The number of hydrogen-bond donors (Lipinski definition) is 2. The van der Waals surface area contributed by atoms with Gasteiger partial charge in [0.15, 0.2) is 0 Å². The van der Waals surface area contributed by atoms with E-state index < -0.39 is 0 Å². The third-order valence-corrected chi connectivity index (χ3v) is 5.43. The van der Waals surface area contributed by atoms with Gasteiger partial charge in [-0.25, -0.2) is 0 Å². The smallest absolute Gasteiger partial charge is 0.120 e. The largest absolute Gasteiger partial charge is 0.497 e. The molecule has 3 N–H and O–H groups in total. The Morgan fingerprint density at radius 2 is 2.26 bits per heavy atom. The van der Waals surface area contributed by atoms with Crippen LogP contribution in [0.5, 0.6) is 5.75 Å². The molecule has 2 rings (SSSR count). The number of thioether (sulfide) groups is 1. The predicted octanol–water partition coefficient (Wildman–Crippen LogP) is 3.03. The lowest BCUT2D eigenvalue weighted by Crippen LogP contribution is -2.40. The molecule has 1 fully saturated rings. The van der Waals surface area contributed by atoms with Crippen molar-refractivity contribution in [3.8, 4) is 5.75 Å². The van der Waals surface area contributed by atoms with Crippen LogP contribution in [-0.2, 0) is 0 Å². The van der Waals surface area contributed by atoms with Crippen LogP contribution in [0.3, 0.4) is 0 Å². The quantitative estimate of drug-likeness (QED) is 0.790. The summed E-state index contributed by atoms with van der Waals surface area (Å²) in [5.74, 6) is 0.814. The Kier molecular flexibility index (Phi) is 4.58. The lowest BCUT2D eigenvalue weighted by molar-refractivity contribution is 0.379. The Morgan fingerprint density at radius 1 is 1.53 bits per heavy atom. The van der Waals surface area contributed by atoms with Crippen molar-refractivity contribution in [3.05, 3.63) is 23.8 Å². The maximum Gasteiger partial charge on any atom is 0.120 e. The molecule has 1 aliphatic carbocycles. The average Bonchev–Trinajstić information content (AvgIpc) is 2.37. The zero-order chi connectivity index (χ0) is 13.9. The van der Waals surface area contributed by atoms with Crippen molar-refractivity contribution >= 4 is 34.7 Å². The molecule has 104 valence electrons. The van der Waals surface area contributed by atoms with Crippen LogP contribution in [0.2, 0.25) is 0 Å². The van der Waals surface area contributed by atoms with E-state index in [2.05, 4.69) is 11.6 Å². The molecule has 0 heterocycles. The van der Waals surface area contributed by atoms with Crippen molar-refractivity contribution in [1.82, 2.24) is 0 Å². The number of nitrogens with one attached hydrogen (secondary N) is 1. The summed E-state index contributed by atoms with van der Waals surface area (Å²) in [6.45, 7) is 0.941. The van der Waals surface area contributed by atoms with Gasteiger partial charge in [-0.3, -0.25) is 0 Å². The molecule has 5 heteroatoms. The highest BCUT2D eigenvalue weighted by atomic mass is 32.2. The molecule has 1 saturated carbocycles. The van der Waals surface area contributed by atoms with Gasteiger partial charge < -0.3 is 15.8 Å². The van der Waals surface area contributed by atoms with Crippen LogP contribution in [0.4, 0.5) is 5.69 Å². The van der Waals surface area contributed by atoms with Crippen LogP contribution < -0.4 is 15.8 Å². The third kappa shape index (κ3) is 3.15. The monoisotopic (exact) mass is 296 g/mol. The highest BCUT2D eigenvalue weighted by molar-refractivity contribution is 8.00. The average molecular weight is 296 g/mol. The van der Waals surface area contributed by atoms with Crippen molar-refractivity contribution in [1.29, 1.82) is 0 Å². The van der Waals surface area contributed by atoms with Gasteiger partial charge in [-0.1, -0.05) is 18.6 Å². The molecular weight excluding hydrogens is 276 g/mol. The summed E-state index contributed by atoms with van der Waals surface area (Å²) in [7, 11) is 1.66. The maximum absolute atomic E-state index is 5.77. The van der Waals surface area contributed by atoms with Gasteiger partial charge in [0.25, 0.3) is 0 Å². The number of methoxy groups -OCH3 is 1. The van der Waals surface area contributed by atoms with Crippen molar-refractivity contribution < 1.29 is 4.74 Å². The summed E-state index contributed by atoms with van der Waals surface area (Å²) in [5, 5.41) is 3.49. The molecule has 0 spiro atoms. The summed E-state index contributed by atoms with van der Waals surface area (Å²) in [4.78, 5) is 0.414. The van der Waals surface area contributed by atoms with Crippen LogP contribution in [0.1, 0.15) is 24.8 Å². The van der Waals surface area contributed by atoms with E-state index in [1.165, 1.54) is 19.3 Å². The van der Waals surface area contributed by atoms with Crippen molar-refractivity contribution in [2.75, 3.05) is 25.2 Å². The number of nitrogens with two attached hydrogens (primary N) is 1. The van der Waals surface area contributed by atoms with Crippen LogP contribution in [0, 0.1) is 0 Å². The first-order valence-corrected chi connectivity index (χ1v) is 8.00. The van der Waals surface area contributed by atoms with Gasteiger partial charge >= 0.3 is 0 Å². The third-order valence-electron chi connectivity index (χ3n) is 3.79. The SMILES string of the molecule is COc1ccc(C(N)=S)c(NCC2(SC)CCC2)c1. The number of thiocarbonyl (C=S) groups is 1. The Balaban J connectivity index is 2.15. The number of ether oxygens (including phenoxy) is 1. The molecule has 0 saturated heterocycles. The molecule has 1 aromatic rings. The van der Waals surface area contributed by atoms with Gasteiger partial charge in [-0.2, -0.15) is 11.8 Å². The Labute approximate surface area is 124 Å². The first-order valence-electron chi connectivity index (χ1n) is 6.37. The van der Waals surface area contributed by atoms with Gasteiger partial charge in [0.1, 0.15) is 10.7 Å². The van der Waals surface area contributed by atoms with E-state index in [-0.39, 0.29) is 0 Å². The number of benzene rings is 1. The molecule has 0 radical (unpaired) electrons. The molecule has 0 bridgehead atoms. The van der Waals surface area contributed by atoms with Gasteiger partial charge in [-0.05, 0) is 31.2 Å². The first-order chi connectivity index (χ1) is 9.10. The van der Waals surface area contributed by atoms with Crippen molar-refractivity contribution in [2.45, 2.75) is 24.0 Å². The van der Waals surface area contributed by atoms with Gasteiger partial charge in [-0.15, -0.1) is 0 Å². The van der Waals surface area contributed by atoms with E-state index in [9.17, 15) is 0 Å². The lowest BCUT2D eigenvalue weighted by Gasteiger charge is -2.40. The zero-order valence-electron chi connectivity index (χ0n) is 11.4. The Bertz CT molecular complexity index is 467. The van der Waals surface area contributed by atoms with E-state index in [0.717, 1.165) is 23.5 Å². The van der Waals surface area contributed by atoms with Crippen LogP contribution in [-0.4, -0.2) is 29.6 Å². The molecule has 0 aliphatic heterocycles. The standard InChI is InChI=1S/C14H20N2OS2/c1-17-10-4-5-11(13(15)18)12(8-10)16-9-14(19-2)6-3-7-14/h4-5,8,16H,3,6-7,9H2,1-2H3,(H2,15,18). The maximum atomic E-state index is 5.77. The highest BCUT2D eigenvalue weighted by Crippen LogP contribution is 2.43. The number of hydrogen-bond acceptors (Lipinski definition) is 4. The normalized spacial score (nSPS) is 16.5. The Morgan fingerprint density at radius 3 is 2.74 bits per heavy atom. The fourth-order valence-corrected chi connectivity index (χ4v) is 3.38. The minimum atomic E-state index is 0.372. The predicted molar refractivity (Wildman–Crippen MR) is 87.5 cm³/mol. The minimum Gasteiger partial charge on any atom is -0.497 e. The van der Waals surface area contributed by atoms with Gasteiger partial charge in [0.05, 0.1) is 7.11 Å². The fraction of sp³-hybridized carbons (Fsp3) is 0.500. The van der Waals surface area contributed by atoms with E-state index in [4.69, 9.17) is 22.7 Å². The van der Waals surface area contributed by atoms with E-state index in [0.29, 0.717) is 9.74 Å². The highest BCUT2D eigenvalue weighted by Gasteiger charge is 2.35. The second kappa shape index (κ2) is 6.01. The molecule has 1 aliphatic rings. The Hall–Kier alpha value is -0.940.